The van der Waals surface area contributed by atoms with Gasteiger partial charge in [-0.25, -0.2) is 14.3 Å². The van der Waals surface area contributed by atoms with Crippen molar-refractivity contribution in [3.63, 3.8) is 0 Å². The Kier molecular flexibility index (Phi) is 6.81. The zero-order chi connectivity index (χ0) is 25.1. The minimum Gasteiger partial charge on any atom is -0.496 e. The molecular weight excluding hydrogens is 479 g/mol. The first-order chi connectivity index (χ1) is 17.5. The van der Waals surface area contributed by atoms with Crippen molar-refractivity contribution in [1.82, 2.24) is 10.2 Å². The first-order valence-corrected chi connectivity index (χ1v) is 12.4. The molecule has 0 saturated heterocycles. The Bertz CT molecular complexity index is 1370. The van der Waals surface area contributed by atoms with Crippen LogP contribution < -0.4 is 10.1 Å². The molecule has 0 unspecified atom stereocenters. The highest BCUT2D eigenvalue weighted by atomic mass is 32.2. The number of aliphatic imine (C=N–C) groups is 2. The normalized spacial score (nSPS) is 16.1. The van der Waals surface area contributed by atoms with Gasteiger partial charge in [-0.2, -0.15) is 0 Å². The molecule has 182 valence electrons. The van der Waals surface area contributed by atoms with Crippen LogP contribution in [0.2, 0.25) is 0 Å². The van der Waals surface area contributed by atoms with Crippen LogP contribution in [0.5, 0.6) is 5.75 Å². The van der Waals surface area contributed by atoms with Crippen LogP contribution in [-0.4, -0.2) is 40.9 Å². The molecule has 3 aromatic rings. The quantitative estimate of drug-likeness (QED) is 0.518. The Morgan fingerprint density at radius 3 is 2.64 bits per heavy atom. The lowest BCUT2D eigenvalue weighted by Crippen LogP contribution is -2.42. The van der Waals surface area contributed by atoms with Gasteiger partial charge in [0.15, 0.2) is 5.17 Å². The van der Waals surface area contributed by atoms with Gasteiger partial charge in [0.1, 0.15) is 23.4 Å². The van der Waals surface area contributed by atoms with Crippen LogP contribution in [-0.2, 0) is 21.9 Å². The molecule has 1 N–H and O–H groups in total. The summed E-state index contributed by atoms with van der Waals surface area (Å²) < 4.78 is 18.6. The molecule has 0 saturated carbocycles. The zero-order valence-electron chi connectivity index (χ0n) is 19.5. The number of rotatable bonds is 7. The van der Waals surface area contributed by atoms with Crippen LogP contribution in [0.15, 0.2) is 82.8 Å². The Balaban J connectivity index is 1.32. The van der Waals surface area contributed by atoms with E-state index < -0.39 is 6.04 Å². The first kappa shape index (κ1) is 23.7. The van der Waals surface area contributed by atoms with Gasteiger partial charge in [-0.15, -0.1) is 0 Å². The van der Waals surface area contributed by atoms with Crippen molar-refractivity contribution in [2.75, 3.05) is 7.11 Å². The third kappa shape index (κ3) is 4.87. The minimum absolute atomic E-state index is 0.0773. The van der Waals surface area contributed by atoms with Crippen LogP contribution in [0.4, 0.5) is 10.1 Å². The fraction of sp³-hybridized carbons (Fsp3) is 0.185. The second-order valence-electron chi connectivity index (χ2n) is 8.26. The number of carbonyl (C=O) groups is 2. The molecule has 3 aromatic carbocycles. The SMILES string of the molecule is COc1ccccc1CNC(=O)C[C@@H]1N=C2c3ccccc3N=C(SCc3ccc(F)cc3)N2C1=O. The van der Waals surface area contributed by atoms with Crippen molar-refractivity contribution < 1.29 is 18.7 Å². The molecular formula is C27H23FN4O3S. The number of nitrogens with one attached hydrogen (secondary N) is 1. The molecule has 0 spiro atoms. The lowest BCUT2D eigenvalue weighted by atomic mass is 10.1. The van der Waals surface area contributed by atoms with E-state index in [4.69, 9.17) is 9.73 Å². The van der Waals surface area contributed by atoms with E-state index in [1.165, 1.54) is 28.8 Å². The van der Waals surface area contributed by atoms with Crippen molar-refractivity contribution in [1.29, 1.82) is 0 Å². The van der Waals surface area contributed by atoms with E-state index in [-0.39, 0.29) is 30.6 Å². The number of carbonyl (C=O) groups excluding carboxylic acids is 2. The molecule has 2 aliphatic heterocycles. The molecule has 9 heteroatoms. The number of amides is 2. The van der Waals surface area contributed by atoms with Crippen molar-refractivity contribution in [3.05, 3.63) is 95.3 Å². The molecule has 2 heterocycles. The number of benzene rings is 3. The maximum Gasteiger partial charge on any atom is 0.259 e. The first-order valence-electron chi connectivity index (χ1n) is 11.4. The number of para-hydroxylation sites is 2. The van der Waals surface area contributed by atoms with E-state index in [2.05, 4.69) is 10.3 Å². The molecule has 2 aliphatic rings. The van der Waals surface area contributed by atoms with Gasteiger partial charge in [-0.05, 0) is 35.9 Å². The Labute approximate surface area is 212 Å². The van der Waals surface area contributed by atoms with Crippen LogP contribution >= 0.6 is 11.8 Å². The number of halogens is 1. The maximum absolute atomic E-state index is 13.4. The Morgan fingerprint density at radius 2 is 1.83 bits per heavy atom. The highest BCUT2D eigenvalue weighted by molar-refractivity contribution is 8.13. The Hall–Kier alpha value is -3.98. The molecule has 5 rings (SSSR count). The van der Waals surface area contributed by atoms with E-state index in [0.717, 1.165) is 16.7 Å². The summed E-state index contributed by atoms with van der Waals surface area (Å²) in [6.45, 7) is 0.285. The largest absolute Gasteiger partial charge is 0.496 e. The van der Waals surface area contributed by atoms with E-state index in [0.29, 0.717) is 28.2 Å². The van der Waals surface area contributed by atoms with Gasteiger partial charge in [0.05, 0.1) is 19.2 Å². The number of hydrogen-bond donors (Lipinski definition) is 1. The fourth-order valence-corrected chi connectivity index (χ4v) is 5.01. The molecule has 7 nitrogen and oxygen atoms in total. The van der Waals surface area contributed by atoms with Crippen molar-refractivity contribution in [2.45, 2.75) is 24.8 Å². The molecule has 0 aliphatic carbocycles. The molecule has 0 radical (unpaired) electrons. The second kappa shape index (κ2) is 10.3. The van der Waals surface area contributed by atoms with E-state index in [9.17, 15) is 14.0 Å². The summed E-state index contributed by atoms with van der Waals surface area (Å²) in [5.41, 5.74) is 3.20. The molecule has 0 fully saturated rings. The monoisotopic (exact) mass is 502 g/mol. The number of amidine groups is 2. The predicted octanol–water partition coefficient (Wildman–Crippen LogP) is 4.43. The highest BCUT2D eigenvalue weighted by Crippen LogP contribution is 2.35. The van der Waals surface area contributed by atoms with Gasteiger partial charge in [-0.1, -0.05) is 54.2 Å². The summed E-state index contributed by atoms with van der Waals surface area (Å²) in [7, 11) is 1.58. The summed E-state index contributed by atoms with van der Waals surface area (Å²) in [5, 5.41) is 3.34. The van der Waals surface area contributed by atoms with Crippen molar-refractivity contribution in [3.8, 4) is 5.75 Å². The molecule has 0 bridgehead atoms. The summed E-state index contributed by atoms with van der Waals surface area (Å²) in [6, 6.07) is 20.3. The average Bonchev–Trinajstić information content (AvgIpc) is 3.23. The average molecular weight is 503 g/mol. The van der Waals surface area contributed by atoms with Gasteiger partial charge >= 0.3 is 0 Å². The molecule has 2 amide bonds. The van der Waals surface area contributed by atoms with Crippen molar-refractivity contribution in [2.24, 2.45) is 9.98 Å². The molecule has 36 heavy (non-hydrogen) atoms. The van der Waals surface area contributed by atoms with Gasteiger partial charge in [0.2, 0.25) is 5.91 Å². The second-order valence-corrected chi connectivity index (χ2v) is 9.20. The highest BCUT2D eigenvalue weighted by Gasteiger charge is 2.42. The minimum atomic E-state index is -0.847. The van der Waals surface area contributed by atoms with Crippen LogP contribution in [0.3, 0.4) is 0 Å². The number of thioether (sulfide) groups is 1. The number of fused-ring (bicyclic) bond motifs is 3. The Morgan fingerprint density at radius 1 is 1.08 bits per heavy atom. The maximum atomic E-state index is 13.4. The summed E-state index contributed by atoms with van der Waals surface area (Å²) in [6.07, 6.45) is -0.0773. The number of hydrogen-bond acceptors (Lipinski definition) is 6. The number of methoxy groups -OCH3 is 1. The molecule has 0 aromatic heterocycles. The zero-order valence-corrected chi connectivity index (χ0v) is 20.3. The van der Waals surface area contributed by atoms with E-state index in [1.54, 1.807) is 19.2 Å². The topological polar surface area (TPSA) is 83.4 Å². The lowest BCUT2D eigenvalue weighted by molar-refractivity contribution is -0.128. The number of nitrogens with zero attached hydrogens (tertiary/aromatic N) is 3. The third-order valence-electron chi connectivity index (χ3n) is 5.88. The van der Waals surface area contributed by atoms with Gasteiger partial charge in [0.25, 0.3) is 5.91 Å². The number of ether oxygens (including phenoxy) is 1. The summed E-state index contributed by atoms with van der Waals surface area (Å²) in [5.74, 6) is 0.801. The van der Waals surface area contributed by atoms with Crippen molar-refractivity contribution >= 4 is 40.3 Å². The summed E-state index contributed by atoms with van der Waals surface area (Å²) in [4.78, 5) is 37.0. The standard InChI is InChI=1S/C27H23FN4O3S/c1-35-23-9-5-2-6-18(23)15-29-24(33)14-22-26(34)32-25(30-22)20-7-3-4-8-21(20)31-27(32)36-16-17-10-12-19(28)13-11-17/h2-13,22H,14-16H2,1H3,(H,29,33)/t22-/m0/s1. The van der Waals surface area contributed by atoms with E-state index >= 15 is 0 Å². The smallest absolute Gasteiger partial charge is 0.259 e. The van der Waals surface area contributed by atoms with Crippen LogP contribution in [0.25, 0.3) is 0 Å². The fourth-order valence-electron chi connectivity index (χ4n) is 4.05. The lowest BCUT2D eigenvalue weighted by Gasteiger charge is -2.25. The summed E-state index contributed by atoms with van der Waals surface area (Å²) >= 11 is 1.37. The van der Waals surface area contributed by atoms with Crippen LogP contribution in [0.1, 0.15) is 23.1 Å². The van der Waals surface area contributed by atoms with Gasteiger partial charge in [-0.3, -0.25) is 14.6 Å². The third-order valence-corrected chi connectivity index (χ3v) is 6.89. The predicted molar refractivity (Wildman–Crippen MR) is 138 cm³/mol. The van der Waals surface area contributed by atoms with Gasteiger partial charge in [0, 0.05) is 23.4 Å². The van der Waals surface area contributed by atoms with Gasteiger partial charge < -0.3 is 10.1 Å². The van der Waals surface area contributed by atoms with E-state index in [1.807, 2.05) is 48.5 Å². The molecule has 1 atom stereocenters. The van der Waals surface area contributed by atoms with Crippen LogP contribution in [0, 0.1) is 5.82 Å².